The lowest BCUT2D eigenvalue weighted by atomic mass is 10.2. The minimum atomic E-state index is -3.22. The molecule has 2 aliphatic rings. The van der Waals surface area contributed by atoms with Gasteiger partial charge in [-0.3, -0.25) is 14.4 Å². The molecule has 2 amide bonds. The molecule has 1 N–H and O–H groups in total. The first kappa shape index (κ1) is 15.7. The van der Waals surface area contributed by atoms with Crippen LogP contribution in [0.2, 0.25) is 0 Å². The minimum absolute atomic E-state index is 0.0380. The molecular formula is C12H18N2O6S. The molecule has 0 radical (unpaired) electrons. The van der Waals surface area contributed by atoms with Crippen molar-refractivity contribution in [3.8, 4) is 0 Å². The van der Waals surface area contributed by atoms with Gasteiger partial charge in [0.2, 0.25) is 11.8 Å². The summed E-state index contributed by atoms with van der Waals surface area (Å²) >= 11 is 0. The number of sulfone groups is 1. The summed E-state index contributed by atoms with van der Waals surface area (Å²) in [5.41, 5.74) is 0. The third kappa shape index (κ3) is 3.93. The van der Waals surface area contributed by atoms with Gasteiger partial charge in [0.25, 0.3) is 0 Å². The highest BCUT2D eigenvalue weighted by Gasteiger charge is 2.36. The van der Waals surface area contributed by atoms with E-state index in [0.29, 0.717) is 19.4 Å². The fourth-order valence-electron chi connectivity index (χ4n) is 2.71. The Bertz CT molecular complexity index is 558. The lowest BCUT2D eigenvalue weighted by Gasteiger charge is -2.28. The number of amides is 2. The number of nitrogens with zero attached hydrogens (tertiary/aromatic N) is 2. The number of aliphatic carboxylic acids is 1. The molecule has 2 saturated heterocycles. The number of hydrogen-bond acceptors (Lipinski definition) is 5. The molecule has 0 bridgehead atoms. The van der Waals surface area contributed by atoms with Gasteiger partial charge in [0.15, 0.2) is 9.84 Å². The normalized spacial score (nSPS) is 24.3. The van der Waals surface area contributed by atoms with Crippen LogP contribution in [0.4, 0.5) is 0 Å². The standard InChI is InChI=1S/C12H18N2O6S/c15-10-2-1-4-13(10)6-11(16)14(7-12(17)18)9-3-5-21(19,20)8-9/h9H,1-8H2,(H,17,18). The molecule has 0 saturated carbocycles. The predicted octanol–water partition coefficient (Wildman–Crippen LogP) is -1.29. The van der Waals surface area contributed by atoms with Crippen LogP contribution in [0.1, 0.15) is 19.3 Å². The fraction of sp³-hybridized carbons (Fsp3) is 0.750. The lowest BCUT2D eigenvalue weighted by Crippen LogP contribution is -2.48. The van der Waals surface area contributed by atoms with E-state index in [1.54, 1.807) is 0 Å². The Morgan fingerprint density at radius 1 is 1.38 bits per heavy atom. The summed E-state index contributed by atoms with van der Waals surface area (Å²) in [6.45, 7) is -0.238. The molecule has 0 aliphatic carbocycles. The summed E-state index contributed by atoms with van der Waals surface area (Å²) < 4.78 is 23.0. The first-order valence-corrected chi connectivity index (χ1v) is 8.60. The summed E-state index contributed by atoms with van der Waals surface area (Å²) in [6.07, 6.45) is 1.32. The summed E-state index contributed by atoms with van der Waals surface area (Å²) in [5.74, 6) is -2.07. The van der Waals surface area contributed by atoms with E-state index in [9.17, 15) is 22.8 Å². The van der Waals surface area contributed by atoms with Gasteiger partial charge < -0.3 is 14.9 Å². The third-order valence-electron chi connectivity index (χ3n) is 3.77. The second kappa shape index (κ2) is 6.00. The fourth-order valence-corrected chi connectivity index (χ4v) is 4.44. The molecule has 8 nitrogen and oxygen atoms in total. The van der Waals surface area contributed by atoms with Crippen molar-refractivity contribution < 1.29 is 27.9 Å². The monoisotopic (exact) mass is 318 g/mol. The van der Waals surface area contributed by atoms with Gasteiger partial charge in [-0.2, -0.15) is 0 Å². The molecule has 2 heterocycles. The van der Waals surface area contributed by atoms with Crippen molar-refractivity contribution in [2.24, 2.45) is 0 Å². The lowest BCUT2D eigenvalue weighted by molar-refractivity contribution is -0.147. The van der Waals surface area contributed by atoms with E-state index in [0.717, 1.165) is 4.90 Å². The van der Waals surface area contributed by atoms with Crippen LogP contribution in [0.3, 0.4) is 0 Å². The Hall–Kier alpha value is -1.64. The molecule has 21 heavy (non-hydrogen) atoms. The summed E-state index contributed by atoms with van der Waals surface area (Å²) in [4.78, 5) is 37.2. The maximum Gasteiger partial charge on any atom is 0.323 e. The molecule has 0 aromatic heterocycles. The number of hydrogen-bond donors (Lipinski definition) is 1. The second-order valence-electron chi connectivity index (χ2n) is 5.39. The molecule has 0 spiro atoms. The molecular weight excluding hydrogens is 300 g/mol. The SMILES string of the molecule is O=C(O)CN(C(=O)CN1CCCC1=O)C1CCS(=O)(=O)C1. The van der Waals surface area contributed by atoms with E-state index >= 15 is 0 Å². The Balaban J connectivity index is 2.06. The van der Waals surface area contributed by atoms with E-state index in [1.807, 2.05) is 0 Å². The van der Waals surface area contributed by atoms with Gasteiger partial charge in [0.1, 0.15) is 6.54 Å². The molecule has 2 aliphatic heterocycles. The molecule has 1 atom stereocenters. The summed E-state index contributed by atoms with van der Waals surface area (Å²) in [6, 6.07) is -0.615. The highest BCUT2D eigenvalue weighted by molar-refractivity contribution is 7.91. The van der Waals surface area contributed by atoms with E-state index in [-0.39, 0.29) is 30.4 Å². The van der Waals surface area contributed by atoms with Crippen LogP contribution in [-0.4, -0.2) is 78.3 Å². The number of carbonyl (C=O) groups excluding carboxylic acids is 2. The molecule has 1 unspecified atom stereocenters. The van der Waals surface area contributed by atoms with E-state index in [1.165, 1.54) is 4.90 Å². The zero-order valence-electron chi connectivity index (χ0n) is 11.5. The first-order chi connectivity index (χ1) is 9.78. The largest absolute Gasteiger partial charge is 0.480 e. The van der Waals surface area contributed by atoms with Gasteiger partial charge >= 0.3 is 5.97 Å². The maximum absolute atomic E-state index is 12.3. The number of carboxylic acid groups (broad SMARTS) is 1. The Morgan fingerprint density at radius 3 is 2.57 bits per heavy atom. The van der Waals surface area contributed by atoms with Gasteiger partial charge in [-0.05, 0) is 12.8 Å². The number of carboxylic acids is 1. The quantitative estimate of drug-likeness (QED) is 0.675. The smallest absolute Gasteiger partial charge is 0.323 e. The van der Waals surface area contributed by atoms with Gasteiger partial charge in [-0.1, -0.05) is 0 Å². The predicted molar refractivity (Wildman–Crippen MR) is 72.2 cm³/mol. The van der Waals surface area contributed by atoms with Crippen LogP contribution in [-0.2, 0) is 24.2 Å². The van der Waals surface area contributed by atoms with Crippen LogP contribution >= 0.6 is 0 Å². The zero-order chi connectivity index (χ0) is 15.6. The highest BCUT2D eigenvalue weighted by Crippen LogP contribution is 2.19. The Labute approximate surface area is 122 Å². The molecule has 2 fully saturated rings. The molecule has 0 aromatic rings. The molecule has 0 aromatic carbocycles. The summed E-state index contributed by atoms with van der Waals surface area (Å²) in [7, 11) is -3.22. The molecule has 9 heteroatoms. The van der Waals surface area contributed by atoms with Crippen molar-refractivity contribution >= 4 is 27.6 Å². The van der Waals surface area contributed by atoms with Crippen LogP contribution in [0.25, 0.3) is 0 Å². The zero-order valence-corrected chi connectivity index (χ0v) is 12.3. The molecule has 118 valence electrons. The average Bonchev–Trinajstić information content (AvgIpc) is 2.92. The van der Waals surface area contributed by atoms with Crippen LogP contribution in [0.5, 0.6) is 0 Å². The number of rotatable bonds is 5. The summed E-state index contributed by atoms with van der Waals surface area (Å²) in [5, 5.41) is 8.91. The number of carbonyl (C=O) groups is 3. The molecule has 2 rings (SSSR count). The third-order valence-corrected chi connectivity index (χ3v) is 5.52. The van der Waals surface area contributed by atoms with E-state index in [4.69, 9.17) is 5.11 Å². The Morgan fingerprint density at radius 2 is 2.10 bits per heavy atom. The van der Waals surface area contributed by atoms with Crippen molar-refractivity contribution in [2.75, 3.05) is 31.1 Å². The Kier molecular flexibility index (Phi) is 4.50. The minimum Gasteiger partial charge on any atom is -0.480 e. The van der Waals surface area contributed by atoms with Gasteiger partial charge in [-0.15, -0.1) is 0 Å². The highest BCUT2D eigenvalue weighted by atomic mass is 32.2. The average molecular weight is 318 g/mol. The van der Waals surface area contributed by atoms with Crippen molar-refractivity contribution in [3.05, 3.63) is 0 Å². The van der Waals surface area contributed by atoms with Crippen LogP contribution in [0, 0.1) is 0 Å². The van der Waals surface area contributed by atoms with Crippen LogP contribution in [0.15, 0.2) is 0 Å². The van der Waals surface area contributed by atoms with E-state index in [2.05, 4.69) is 0 Å². The van der Waals surface area contributed by atoms with Crippen molar-refractivity contribution in [1.82, 2.24) is 9.80 Å². The van der Waals surface area contributed by atoms with Gasteiger partial charge in [0.05, 0.1) is 18.1 Å². The second-order valence-corrected chi connectivity index (χ2v) is 7.62. The van der Waals surface area contributed by atoms with Crippen molar-refractivity contribution in [1.29, 1.82) is 0 Å². The van der Waals surface area contributed by atoms with Gasteiger partial charge in [0, 0.05) is 19.0 Å². The first-order valence-electron chi connectivity index (χ1n) is 6.78. The number of likely N-dealkylation sites (tertiary alicyclic amines) is 1. The van der Waals surface area contributed by atoms with Crippen LogP contribution < -0.4 is 0 Å². The van der Waals surface area contributed by atoms with Gasteiger partial charge in [-0.25, -0.2) is 8.42 Å². The maximum atomic E-state index is 12.3. The topological polar surface area (TPSA) is 112 Å². The van der Waals surface area contributed by atoms with Crippen molar-refractivity contribution in [2.45, 2.75) is 25.3 Å². The van der Waals surface area contributed by atoms with E-state index < -0.39 is 34.3 Å². The van der Waals surface area contributed by atoms with Crippen molar-refractivity contribution in [3.63, 3.8) is 0 Å².